The minimum absolute atomic E-state index is 0.0308. The Bertz CT molecular complexity index is 1370. The number of hydrogen-bond donors (Lipinski definition) is 2. The van der Waals surface area contributed by atoms with Crippen LogP contribution in [0.5, 0.6) is 0 Å². The zero-order chi connectivity index (χ0) is 24.0. The number of carbonyl (C=O) groups is 1. The van der Waals surface area contributed by atoms with Crippen molar-refractivity contribution in [1.82, 2.24) is 23.9 Å². The van der Waals surface area contributed by atoms with E-state index in [1.165, 1.54) is 10.5 Å². The smallest absolute Gasteiger partial charge is 0.263 e. The van der Waals surface area contributed by atoms with Gasteiger partial charge in [-0.15, -0.1) is 5.10 Å². The van der Waals surface area contributed by atoms with Crippen LogP contribution in [0.4, 0.5) is 26.0 Å². The molecule has 2 aliphatic rings. The van der Waals surface area contributed by atoms with Crippen LogP contribution in [0.3, 0.4) is 0 Å². The van der Waals surface area contributed by atoms with Crippen LogP contribution in [0.15, 0.2) is 24.8 Å². The number of amides is 1. The number of pyridine rings is 1. The van der Waals surface area contributed by atoms with Crippen molar-refractivity contribution in [3.05, 3.63) is 42.0 Å². The van der Waals surface area contributed by atoms with Crippen molar-refractivity contribution in [1.29, 1.82) is 0 Å². The SMILES string of the molecule is Nc1nn2cc(F)cnc2c1C(=O)Nc1cncc(F)c1N1CCC(S(=O)(=O)N2COC2)CC1. The summed E-state index contributed by atoms with van der Waals surface area (Å²) in [6.07, 6.45) is 4.81. The lowest BCUT2D eigenvalue weighted by Crippen LogP contribution is -2.51. The number of aromatic nitrogens is 4. The minimum Gasteiger partial charge on any atom is -0.381 e. The molecule has 34 heavy (non-hydrogen) atoms. The topological polar surface area (TPSA) is 148 Å². The van der Waals surface area contributed by atoms with Crippen LogP contribution >= 0.6 is 0 Å². The first-order valence-electron chi connectivity index (χ1n) is 10.3. The van der Waals surface area contributed by atoms with Crippen LogP contribution < -0.4 is 16.0 Å². The number of carbonyl (C=O) groups excluding carboxylic acids is 1. The first kappa shape index (κ1) is 22.4. The molecule has 2 saturated heterocycles. The van der Waals surface area contributed by atoms with Gasteiger partial charge in [0.05, 0.1) is 35.7 Å². The number of nitrogens with zero attached hydrogens (tertiary/aromatic N) is 6. The summed E-state index contributed by atoms with van der Waals surface area (Å²) in [4.78, 5) is 22.3. The van der Waals surface area contributed by atoms with E-state index in [0.29, 0.717) is 0 Å². The summed E-state index contributed by atoms with van der Waals surface area (Å²) in [6.45, 7) is 0.599. The summed E-state index contributed by atoms with van der Waals surface area (Å²) >= 11 is 0. The Balaban J connectivity index is 1.38. The van der Waals surface area contributed by atoms with Crippen LogP contribution in [-0.2, 0) is 14.8 Å². The molecule has 5 heterocycles. The van der Waals surface area contributed by atoms with E-state index in [0.717, 1.165) is 23.1 Å². The maximum Gasteiger partial charge on any atom is 0.263 e. The summed E-state index contributed by atoms with van der Waals surface area (Å²) < 4.78 is 60.8. The van der Waals surface area contributed by atoms with Crippen molar-refractivity contribution in [2.45, 2.75) is 18.1 Å². The zero-order valence-corrected chi connectivity index (χ0v) is 18.5. The Morgan fingerprint density at radius 3 is 2.59 bits per heavy atom. The molecule has 5 rings (SSSR count). The number of hydrogen-bond acceptors (Lipinski definition) is 9. The lowest BCUT2D eigenvalue weighted by atomic mass is 10.1. The van der Waals surface area contributed by atoms with Crippen molar-refractivity contribution < 1.29 is 26.7 Å². The van der Waals surface area contributed by atoms with Gasteiger partial charge in [0.2, 0.25) is 10.0 Å². The number of nitrogens with one attached hydrogen (secondary N) is 1. The highest BCUT2D eigenvalue weighted by Gasteiger charge is 2.38. The third-order valence-corrected chi connectivity index (χ3v) is 8.07. The maximum atomic E-state index is 14.8. The molecule has 3 aromatic rings. The molecule has 0 unspecified atom stereocenters. The average Bonchev–Trinajstić information content (AvgIpc) is 3.07. The van der Waals surface area contributed by atoms with E-state index in [2.05, 4.69) is 20.4 Å². The van der Waals surface area contributed by atoms with E-state index in [-0.39, 0.29) is 67.8 Å². The number of anilines is 3. The molecule has 0 aliphatic carbocycles. The average molecular weight is 494 g/mol. The molecule has 0 spiro atoms. The van der Waals surface area contributed by atoms with Gasteiger partial charge in [-0.3, -0.25) is 9.78 Å². The second kappa shape index (κ2) is 8.41. The molecule has 2 aliphatic heterocycles. The maximum absolute atomic E-state index is 14.8. The first-order valence-corrected chi connectivity index (χ1v) is 11.8. The fourth-order valence-corrected chi connectivity index (χ4v) is 5.74. The summed E-state index contributed by atoms with van der Waals surface area (Å²) in [7, 11) is -3.48. The van der Waals surface area contributed by atoms with Crippen molar-refractivity contribution in [2.75, 3.05) is 42.5 Å². The Hall–Kier alpha value is -3.43. The van der Waals surface area contributed by atoms with Gasteiger partial charge in [0, 0.05) is 13.1 Å². The van der Waals surface area contributed by atoms with Crippen molar-refractivity contribution in [3.63, 3.8) is 0 Å². The zero-order valence-electron chi connectivity index (χ0n) is 17.7. The van der Waals surface area contributed by atoms with Crippen LogP contribution in [0.1, 0.15) is 23.2 Å². The van der Waals surface area contributed by atoms with E-state index in [9.17, 15) is 22.0 Å². The van der Waals surface area contributed by atoms with Gasteiger partial charge in [-0.25, -0.2) is 26.7 Å². The Labute approximate surface area is 192 Å². The van der Waals surface area contributed by atoms with E-state index in [1.54, 1.807) is 4.90 Å². The predicted octanol–water partition coefficient (Wildman–Crippen LogP) is 0.783. The highest BCUT2D eigenvalue weighted by molar-refractivity contribution is 7.89. The summed E-state index contributed by atoms with van der Waals surface area (Å²) in [6, 6.07) is 0. The normalized spacial score (nSPS) is 17.6. The molecule has 0 bridgehead atoms. The number of sulfonamides is 1. The van der Waals surface area contributed by atoms with Gasteiger partial charge >= 0.3 is 0 Å². The Morgan fingerprint density at radius 2 is 1.91 bits per heavy atom. The monoisotopic (exact) mass is 494 g/mol. The standard InChI is InChI=1S/C19H20F2N8O4S/c20-11-5-24-18-15(17(22)26-29(18)8-11)19(30)25-14-7-23-6-13(21)16(14)27-3-1-12(2-4-27)34(31,32)28-9-33-10-28/h5-8,12H,1-4,9-10H2,(H2,22,26)(H,25,30). The molecule has 180 valence electrons. The molecule has 3 N–H and O–H groups in total. The fraction of sp³-hybridized carbons (Fsp3) is 0.368. The molecule has 0 saturated carbocycles. The predicted molar refractivity (Wildman–Crippen MR) is 116 cm³/mol. The van der Waals surface area contributed by atoms with E-state index in [4.69, 9.17) is 10.5 Å². The minimum atomic E-state index is -3.48. The van der Waals surface area contributed by atoms with Crippen molar-refractivity contribution in [2.24, 2.45) is 0 Å². The van der Waals surface area contributed by atoms with Gasteiger partial charge in [-0.05, 0) is 12.8 Å². The summed E-state index contributed by atoms with van der Waals surface area (Å²) in [5.41, 5.74) is 5.93. The van der Waals surface area contributed by atoms with Gasteiger partial charge in [0.15, 0.2) is 23.1 Å². The lowest BCUT2D eigenvalue weighted by Gasteiger charge is -2.38. The van der Waals surface area contributed by atoms with E-state index < -0.39 is 32.8 Å². The van der Waals surface area contributed by atoms with Gasteiger partial charge in [0.25, 0.3) is 5.91 Å². The highest BCUT2D eigenvalue weighted by Crippen LogP contribution is 2.33. The number of piperidine rings is 1. The van der Waals surface area contributed by atoms with Crippen LogP contribution in [0, 0.1) is 11.6 Å². The second-order valence-corrected chi connectivity index (χ2v) is 10.1. The van der Waals surface area contributed by atoms with Crippen LogP contribution in [0.2, 0.25) is 0 Å². The van der Waals surface area contributed by atoms with E-state index >= 15 is 0 Å². The molecular formula is C19H20F2N8O4S. The van der Waals surface area contributed by atoms with Crippen molar-refractivity contribution in [3.8, 4) is 0 Å². The molecule has 3 aromatic heterocycles. The number of rotatable bonds is 5. The van der Waals surface area contributed by atoms with Crippen LogP contribution in [0.25, 0.3) is 5.65 Å². The fourth-order valence-electron chi connectivity index (χ4n) is 4.07. The number of nitrogen functional groups attached to an aromatic ring is 1. The molecule has 1 amide bonds. The van der Waals surface area contributed by atoms with Crippen molar-refractivity contribution >= 4 is 38.8 Å². The van der Waals surface area contributed by atoms with Gasteiger partial charge in [-0.2, -0.15) is 4.31 Å². The van der Waals surface area contributed by atoms with E-state index in [1.807, 2.05) is 0 Å². The molecule has 2 fully saturated rings. The quantitative estimate of drug-likeness (QED) is 0.525. The number of ether oxygens (including phenoxy) is 1. The van der Waals surface area contributed by atoms with Gasteiger partial charge in [-0.1, -0.05) is 0 Å². The van der Waals surface area contributed by atoms with Gasteiger partial charge in [0.1, 0.15) is 24.7 Å². The second-order valence-electron chi connectivity index (χ2n) is 7.92. The third-order valence-electron chi connectivity index (χ3n) is 5.83. The lowest BCUT2D eigenvalue weighted by molar-refractivity contribution is -0.0884. The molecule has 15 heteroatoms. The highest BCUT2D eigenvalue weighted by atomic mass is 32.2. The Morgan fingerprint density at radius 1 is 1.18 bits per heavy atom. The largest absolute Gasteiger partial charge is 0.381 e. The molecule has 12 nitrogen and oxygen atoms in total. The number of halogens is 2. The first-order chi connectivity index (χ1) is 16.3. The number of nitrogens with two attached hydrogens (primary N) is 1. The number of fused-ring (bicyclic) bond motifs is 1. The Kier molecular flexibility index (Phi) is 5.53. The molecule has 0 aromatic carbocycles. The summed E-state index contributed by atoms with van der Waals surface area (Å²) in [5, 5.41) is 5.87. The molecule has 0 radical (unpaired) electrons. The third kappa shape index (κ3) is 3.80. The molecular weight excluding hydrogens is 474 g/mol. The van der Waals surface area contributed by atoms with Gasteiger partial charge < -0.3 is 20.7 Å². The molecule has 0 atom stereocenters. The van der Waals surface area contributed by atoms with Crippen LogP contribution in [-0.4, -0.2) is 70.0 Å². The summed E-state index contributed by atoms with van der Waals surface area (Å²) in [5.74, 6) is -2.24.